The second-order valence-corrected chi connectivity index (χ2v) is 28.0. The van der Waals surface area contributed by atoms with Gasteiger partial charge >= 0.3 is 7.82 Å². The van der Waals surface area contributed by atoms with Crippen LogP contribution in [0.15, 0.2) is 0 Å². The SMILES string of the molecule is C.C.CCCOCCCNC(=O)CCCC(=O)NC(CCC(=O)NCCCNC(=O)CCO[C@@H]1OC(CO)C(O)[C@@H](O)[C@@H]1C)(CCC(=O)NCCCNC(=O)CCO[C@@H]1OC(CO)C(O)[C@@H](O)[C@@H]1C)CCC(=O)NCCCNC(=O)CCO[C@@H]1OC(CO)C(O)[C@@H](O)[C@@H]1C.COP(=O)(O)OCCCCCCN. The van der Waals surface area contributed by atoms with Crippen LogP contribution in [0.4, 0.5) is 0 Å². The molecule has 0 aromatic carbocycles. The number of amides is 8. The van der Waals surface area contributed by atoms with Crippen molar-refractivity contribution in [2.24, 2.45) is 23.5 Å². The van der Waals surface area contributed by atoms with E-state index in [1.807, 2.05) is 6.92 Å². The molecule has 3 aliphatic rings. The maximum Gasteiger partial charge on any atom is 0.471 e. The highest BCUT2D eigenvalue weighted by atomic mass is 31.2. The Balaban J connectivity index is 0.00000678. The molecule has 3 aliphatic heterocycles. The summed E-state index contributed by atoms with van der Waals surface area (Å²) < 4.78 is 58.6. The van der Waals surface area contributed by atoms with Crippen LogP contribution in [0.1, 0.15) is 177 Å². The Bertz CT molecular complexity index is 2310. The maximum atomic E-state index is 13.9. The van der Waals surface area contributed by atoms with Crippen molar-refractivity contribution in [3.63, 3.8) is 0 Å². The third kappa shape index (κ3) is 43.0. The molecule has 0 saturated carbocycles. The van der Waals surface area contributed by atoms with Gasteiger partial charge < -0.3 is 132 Å². The first-order chi connectivity index (χ1) is 50.1. The van der Waals surface area contributed by atoms with Gasteiger partial charge in [0.25, 0.3) is 0 Å². The van der Waals surface area contributed by atoms with Crippen LogP contribution in [0.3, 0.4) is 0 Å². The highest BCUT2D eigenvalue weighted by molar-refractivity contribution is 7.47. The van der Waals surface area contributed by atoms with Crippen molar-refractivity contribution in [2.45, 2.75) is 257 Å². The van der Waals surface area contributed by atoms with E-state index in [4.69, 9.17) is 43.8 Å². The molecule has 0 spiro atoms. The highest BCUT2D eigenvalue weighted by Crippen LogP contribution is 2.42. The molecule has 37 nitrogen and oxygen atoms in total. The van der Waals surface area contributed by atoms with Crippen molar-refractivity contribution >= 4 is 55.1 Å². The quantitative estimate of drug-likeness (QED) is 0.0234. The zero-order chi connectivity index (χ0) is 78.2. The standard InChI is InChI=1S/C60H108N8O24.C7H18NO4P.2CH4/c1-5-29-86-30-10-28-67-43(72)11-6-12-50(79)68-60(19-13-44(73)61-22-7-25-64-47(76)16-31-87-57-37(2)51(80)54(83)40(34-69)90-57,20-14-45(74)62-23-8-26-65-48(77)17-32-88-58-38(3)52(81)55(84)41(35-70)91-58)21-15-46(75)63-24-9-27-66-49(78)18-33-89-59-39(4)53(82)56(85)42(36-71)92-59;1-11-13(9,10)12-7-5-3-2-4-6-8;;/h37-42,51-59,69-71,80-85H,5-36H2,1-4H3,(H,61,73)(H,62,74)(H,63,75)(H,64,76)(H,65,77)(H,66,78)(H,67,72)(H,68,79);2-8H2,1H3,(H,9,10);2*1H4/t37-,38-,39-,40?,41?,42?,51-,52-,53-,54?,55?,56?,57+,58+,59+,60?;;;/m0.../s1. The number of carbonyl (C=O) groups excluding carboxylic acids is 8. The van der Waals surface area contributed by atoms with E-state index in [2.05, 4.69) is 51.6 Å². The maximum absolute atomic E-state index is 13.9. The van der Waals surface area contributed by atoms with Gasteiger partial charge in [-0.3, -0.25) is 47.4 Å². The Morgan fingerprint density at radius 2 is 0.729 bits per heavy atom. The molecule has 0 bridgehead atoms. The summed E-state index contributed by atoms with van der Waals surface area (Å²) in [6.07, 6.45) is -8.10. The van der Waals surface area contributed by atoms with Crippen molar-refractivity contribution in [3.8, 4) is 0 Å². The van der Waals surface area contributed by atoms with Gasteiger partial charge in [-0.2, -0.15) is 0 Å². The van der Waals surface area contributed by atoms with Crippen molar-refractivity contribution in [3.05, 3.63) is 0 Å². The van der Waals surface area contributed by atoms with E-state index in [1.165, 1.54) is 0 Å². The van der Waals surface area contributed by atoms with E-state index in [1.54, 1.807) is 20.8 Å². The van der Waals surface area contributed by atoms with E-state index in [9.17, 15) is 88.9 Å². The van der Waals surface area contributed by atoms with Gasteiger partial charge in [0.05, 0.1) is 83.8 Å². The Kier molecular flexibility index (Phi) is 56.4. The first-order valence-corrected chi connectivity index (χ1v) is 38.3. The fourth-order valence-electron chi connectivity index (χ4n) is 11.2. The summed E-state index contributed by atoms with van der Waals surface area (Å²) in [6, 6.07) is 0. The van der Waals surface area contributed by atoms with E-state index in [0.717, 1.165) is 39.2 Å². The Labute approximate surface area is 630 Å². The lowest BCUT2D eigenvalue weighted by Gasteiger charge is -2.40. The zero-order valence-electron chi connectivity index (χ0n) is 61.9. The van der Waals surface area contributed by atoms with Gasteiger partial charge in [0.15, 0.2) is 18.9 Å². The molecule has 8 amide bonds. The Morgan fingerprint density at radius 3 is 1.06 bits per heavy atom. The summed E-state index contributed by atoms with van der Waals surface area (Å²) in [6.45, 7) is 8.31. The summed E-state index contributed by atoms with van der Waals surface area (Å²) in [5, 5.41) is 112. The average molecular weight is 1570 g/mol. The fraction of sp³-hybridized carbons (Fsp3) is 0.884. The van der Waals surface area contributed by atoms with E-state index in [0.29, 0.717) is 52.0 Å². The molecular weight excluding hydrogens is 1430 g/mol. The summed E-state index contributed by atoms with van der Waals surface area (Å²) in [5.74, 6) is -5.05. The first kappa shape index (κ1) is 102. The molecule has 20 N–H and O–H groups in total. The number of hydrogen-bond acceptors (Lipinski definition) is 28. The number of phosphoric ester groups is 1. The fourth-order valence-corrected chi connectivity index (χ4v) is 11.6. The zero-order valence-corrected chi connectivity index (χ0v) is 62.8. The molecule has 3 heterocycles. The molecule has 628 valence electrons. The topological polar surface area (TPSA) is 561 Å². The predicted octanol–water partition coefficient (Wildman–Crippen LogP) is -1.86. The normalized spacial score (nSPS) is 25.1. The second kappa shape index (κ2) is 59.0. The van der Waals surface area contributed by atoms with Crippen LogP contribution in [-0.4, -0.2) is 296 Å². The Hall–Kier alpha value is -4.81. The van der Waals surface area contributed by atoms with Crippen molar-refractivity contribution in [2.75, 3.05) is 119 Å². The van der Waals surface area contributed by atoms with Gasteiger partial charge in [0.2, 0.25) is 47.3 Å². The molecule has 3 saturated heterocycles. The van der Waals surface area contributed by atoms with Crippen LogP contribution >= 0.6 is 7.82 Å². The van der Waals surface area contributed by atoms with Gasteiger partial charge in [-0.15, -0.1) is 0 Å². The summed E-state index contributed by atoms with van der Waals surface area (Å²) in [7, 11) is -2.61. The minimum atomic E-state index is -3.75. The molecule has 16 atom stereocenters. The van der Waals surface area contributed by atoms with Gasteiger partial charge in [-0.25, -0.2) is 4.57 Å². The molecule has 3 fully saturated rings. The number of phosphoric acid groups is 1. The lowest BCUT2D eigenvalue weighted by atomic mass is 9.82. The lowest BCUT2D eigenvalue weighted by Crippen LogP contribution is -2.55. The predicted molar refractivity (Wildman–Crippen MR) is 389 cm³/mol. The summed E-state index contributed by atoms with van der Waals surface area (Å²) in [4.78, 5) is 114. The van der Waals surface area contributed by atoms with Gasteiger partial charge in [0, 0.05) is 122 Å². The third-order valence-corrected chi connectivity index (χ3v) is 18.8. The van der Waals surface area contributed by atoms with Gasteiger partial charge in [-0.1, -0.05) is 55.4 Å². The molecule has 0 aromatic heterocycles. The molecule has 0 radical (unpaired) electrons. The number of rotatable bonds is 55. The Morgan fingerprint density at radius 1 is 0.411 bits per heavy atom. The van der Waals surface area contributed by atoms with Crippen molar-refractivity contribution in [1.82, 2.24) is 42.5 Å². The highest BCUT2D eigenvalue weighted by Gasteiger charge is 2.45. The van der Waals surface area contributed by atoms with Crippen LogP contribution in [0.5, 0.6) is 0 Å². The molecule has 0 aliphatic carbocycles. The van der Waals surface area contributed by atoms with Crippen molar-refractivity contribution < 1.29 is 136 Å². The van der Waals surface area contributed by atoms with Crippen LogP contribution in [0.2, 0.25) is 0 Å². The second-order valence-electron chi connectivity index (χ2n) is 26.4. The number of aliphatic hydroxyl groups excluding tert-OH is 9. The molecule has 107 heavy (non-hydrogen) atoms. The molecule has 3 rings (SSSR count). The third-order valence-electron chi connectivity index (χ3n) is 17.8. The van der Waals surface area contributed by atoms with E-state index < -0.39 is 148 Å². The van der Waals surface area contributed by atoms with Crippen LogP contribution < -0.4 is 48.3 Å². The lowest BCUT2D eigenvalue weighted by molar-refractivity contribution is -0.282. The minimum absolute atomic E-state index is 0. The van der Waals surface area contributed by atoms with E-state index >= 15 is 0 Å². The smallest absolute Gasteiger partial charge is 0.394 e. The number of nitrogens with two attached hydrogens (primary N) is 1. The largest absolute Gasteiger partial charge is 0.471 e. The molecular formula is C69H134N9O28P. The summed E-state index contributed by atoms with van der Waals surface area (Å²) >= 11 is 0. The number of ether oxygens (including phenoxy) is 7. The number of aliphatic hydroxyl groups is 9. The van der Waals surface area contributed by atoms with Gasteiger partial charge in [0.1, 0.15) is 36.6 Å². The van der Waals surface area contributed by atoms with Crippen LogP contribution in [0, 0.1) is 17.8 Å². The molecule has 0 aromatic rings. The average Bonchev–Trinajstić information content (AvgIpc) is 0.847. The number of hydrogen-bond donors (Lipinski definition) is 19. The molecule has 38 heteroatoms. The molecule has 7 unspecified atom stereocenters. The minimum Gasteiger partial charge on any atom is -0.394 e. The number of carbonyl (C=O) groups is 8. The van der Waals surface area contributed by atoms with Crippen molar-refractivity contribution in [1.29, 1.82) is 0 Å². The summed E-state index contributed by atoms with van der Waals surface area (Å²) in [5.41, 5.74) is 3.98. The monoisotopic (exact) mass is 1570 g/mol. The van der Waals surface area contributed by atoms with Crippen LogP contribution in [0.25, 0.3) is 0 Å². The number of nitrogens with one attached hydrogen (secondary N) is 8. The van der Waals surface area contributed by atoms with Gasteiger partial charge in [-0.05, 0) is 77.2 Å². The van der Waals surface area contributed by atoms with Crippen LogP contribution in [-0.2, 0) is 85.1 Å². The van der Waals surface area contributed by atoms with E-state index in [-0.39, 0.29) is 181 Å². The first-order valence-electron chi connectivity index (χ1n) is 36.8. The number of unbranched alkanes of at least 4 members (excludes halogenated alkanes) is 3.